The average Bonchev–Trinajstić information content (AvgIpc) is 3.28. The minimum absolute atomic E-state index is 0.0321. The van der Waals surface area contributed by atoms with E-state index in [9.17, 15) is 9.59 Å². The minimum atomic E-state index is -0.756. The summed E-state index contributed by atoms with van der Waals surface area (Å²) in [6.45, 7) is 2.14. The van der Waals surface area contributed by atoms with Gasteiger partial charge in [-0.1, -0.05) is 6.92 Å². The number of urea groups is 1. The Morgan fingerprint density at radius 2 is 2.12 bits per heavy atom. The van der Waals surface area contributed by atoms with Gasteiger partial charge in [-0.15, -0.1) is 10.2 Å². The van der Waals surface area contributed by atoms with Crippen LogP contribution in [0.5, 0.6) is 0 Å². The Kier molecular flexibility index (Phi) is 3.40. The third kappa shape index (κ3) is 2.38. The molecule has 2 fully saturated rings. The molecule has 0 unspecified atom stereocenters. The molecule has 2 aromatic rings. The third-order valence-electron chi connectivity index (χ3n) is 4.87. The molecule has 2 aromatic heterocycles. The largest absolute Gasteiger partial charge is 0.459 e. The molecule has 1 N–H and O–H groups in total. The van der Waals surface area contributed by atoms with E-state index in [1.807, 2.05) is 0 Å². The fourth-order valence-corrected chi connectivity index (χ4v) is 3.37. The smallest absolute Gasteiger partial charge is 0.325 e. The molecule has 1 aliphatic heterocycles. The van der Waals surface area contributed by atoms with Crippen LogP contribution in [0.2, 0.25) is 0 Å². The number of aromatic nitrogens is 2. The highest BCUT2D eigenvalue weighted by molar-refractivity contribution is 6.06. The molecule has 8 nitrogen and oxygen atoms in total. The van der Waals surface area contributed by atoms with Crippen molar-refractivity contribution >= 4 is 11.9 Å². The molecule has 1 saturated heterocycles. The van der Waals surface area contributed by atoms with E-state index in [1.165, 1.54) is 6.26 Å². The third-order valence-corrected chi connectivity index (χ3v) is 4.87. The van der Waals surface area contributed by atoms with Crippen LogP contribution in [0, 0.1) is 5.92 Å². The number of carbonyl (C=O) groups excluding carboxylic acids is 2. The van der Waals surface area contributed by atoms with E-state index < -0.39 is 11.6 Å². The lowest BCUT2D eigenvalue weighted by atomic mass is 9.77. The Labute approximate surface area is 138 Å². The molecule has 3 heterocycles. The molecule has 3 amide bonds. The first-order chi connectivity index (χ1) is 11.6. The maximum atomic E-state index is 12.8. The predicted molar refractivity (Wildman–Crippen MR) is 81.4 cm³/mol. The second-order valence-corrected chi connectivity index (χ2v) is 6.56. The lowest BCUT2D eigenvalue weighted by Crippen LogP contribution is -2.49. The quantitative estimate of drug-likeness (QED) is 0.867. The normalized spacial score (nSPS) is 27.0. The lowest BCUT2D eigenvalue weighted by molar-refractivity contribution is -0.133. The molecule has 126 valence electrons. The fraction of sp³-hybridized carbons (Fsp3) is 0.500. The number of rotatable bonds is 3. The molecule has 0 bridgehead atoms. The van der Waals surface area contributed by atoms with Gasteiger partial charge < -0.3 is 14.2 Å². The number of nitrogens with one attached hydrogen (secondary N) is 1. The van der Waals surface area contributed by atoms with Crippen LogP contribution in [0.4, 0.5) is 4.79 Å². The Hall–Kier alpha value is -2.64. The van der Waals surface area contributed by atoms with Gasteiger partial charge in [0.05, 0.1) is 6.26 Å². The van der Waals surface area contributed by atoms with Crippen LogP contribution in [0.25, 0.3) is 11.7 Å². The zero-order valence-electron chi connectivity index (χ0n) is 13.3. The molecule has 4 rings (SSSR count). The predicted octanol–water partition coefficient (Wildman–Crippen LogP) is 2.33. The Morgan fingerprint density at radius 3 is 2.83 bits per heavy atom. The van der Waals surface area contributed by atoms with Gasteiger partial charge in [-0.3, -0.25) is 9.69 Å². The van der Waals surface area contributed by atoms with Gasteiger partial charge in [0.2, 0.25) is 5.89 Å². The minimum Gasteiger partial charge on any atom is -0.459 e. The summed E-state index contributed by atoms with van der Waals surface area (Å²) in [6.07, 6.45) is 4.73. The van der Waals surface area contributed by atoms with Crippen molar-refractivity contribution in [2.45, 2.75) is 44.7 Å². The second-order valence-electron chi connectivity index (χ2n) is 6.56. The van der Waals surface area contributed by atoms with Gasteiger partial charge in [-0.2, -0.15) is 0 Å². The Balaban J connectivity index is 1.51. The van der Waals surface area contributed by atoms with Crippen LogP contribution in [-0.4, -0.2) is 32.6 Å². The topological polar surface area (TPSA) is 101 Å². The number of imide groups is 1. The van der Waals surface area contributed by atoms with Crippen molar-refractivity contribution in [1.29, 1.82) is 0 Å². The van der Waals surface area contributed by atoms with Crippen LogP contribution in [0.15, 0.2) is 27.2 Å². The summed E-state index contributed by atoms with van der Waals surface area (Å²) in [6, 6.07) is 3.01. The van der Waals surface area contributed by atoms with Crippen LogP contribution in [0.3, 0.4) is 0 Å². The lowest BCUT2D eigenvalue weighted by Gasteiger charge is -2.33. The van der Waals surface area contributed by atoms with E-state index in [-0.39, 0.29) is 24.2 Å². The van der Waals surface area contributed by atoms with E-state index in [0.29, 0.717) is 24.5 Å². The number of nitrogens with zero attached hydrogens (tertiary/aromatic N) is 3. The van der Waals surface area contributed by atoms with E-state index in [2.05, 4.69) is 22.4 Å². The molecule has 0 radical (unpaired) electrons. The van der Waals surface area contributed by atoms with Crippen LogP contribution in [-0.2, 0) is 11.3 Å². The van der Waals surface area contributed by atoms with Gasteiger partial charge in [0.1, 0.15) is 12.1 Å². The molecule has 24 heavy (non-hydrogen) atoms. The van der Waals surface area contributed by atoms with Crippen molar-refractivity contribution in [2.75, 3.05) is 0 Å². The summed E-state index contributed by atoms with van der Waals surface area (Å²) < 4.78 is 10.7. The monoisotopic (exact) mass is 330 g/mol. The number of hydrogen-bond donors (Lipinski definition) is 1. The summed E-state index contributed by atoms with van der Waals surface area (Å²) in [7, 11) is 0. The highest BCUT2D eigenvalue weighted by Gasteiger charge is 2.52. The van der Waals surface area contributed by atoms with Gasteiger partial charge >= 0.3 is 6.03 Å². The molecule has 1 saturated carbocycles. The summed E-state index contributed by atoms with van der Waals surface area (Å²) >= 11 is 0. The summed E-state index contributed by atoms with van der Waals surface area (Å²) in [5.41, 5.74) is -0.756. The van der Waals surface area contributed by atoms with Gasteiger partial charge in [0, 0.05) is 0 Å². The standard InChI is InChI=1S/C16H18N4O4/c1-10-4-6-16(7-5-10)14(21)20(15(22)17-16)9-12-18-19-13(24-12)11-3-2-8-23-11/h2-3,8,10H,4-7,9H2,1H3,(H,17,22). The SMILES string of the molecule is CC1CCC2(CC1)NC(=O)N(Cc1nnc(-c3ccco3)o1)C2=O. The molecular weight excluding hydrogens is 312 g/mol. The molecule has 0 atom stereocenters. The fourth-order valence-electron chi connectivity index (χ4n) is 3.37. The van der Waals surface area contributed by atoms with Crippen molar-refractivity contribution in [3.05, 3.63) is 24.3 Å². The van der Waals surface area contributed by atoms with Crippen molar-refractivity contribution in [1.82, 2.24) is 20.4 Å². The van der Waals surface area contributed by atoms with Crippen LogP contribution >= 0.6 is 0 Å². The zero-order valence-corrected chi connectivity index (χ0v) is 13.3. The van der Waals surface area contributed by atoms with Crippen molar-refractivity contribution in [3.63, 3.8) is 0 Å². The average molecular weight is 330 g/mol. The molecule has 2 aliphatic rings. The number of amides is 3. The summed E-state index contributed by atoms with van der Waals surface area (Å²) in [4.78, 5) is 26.2. The van der Waals surface area contributed by atoms with Gasteiger partial charge in [0.15, 0.2) is 5.76 Å². The van der Waals surface area contributed by atoms with Crippen molar-refractivity contribution in [3.8, 4) is 11.7 Å². The van der Waals surface area contributed by atoms with Gasteiger partial charge in [-0.05, 0) is 43.7 Å². The van der Waals surface area contributed by atoms with Crippen LogP contribution < -0.4 is 5.32 Å². The molecule has 1 aliphatic carbocycles. The van der Waals surface area contributed by atoms with E-state index in [4.69, 9.17) is 8.83 Å². The maximum absolute atomic E-state index is 12.8. The first kappa shape index (κ1) is 14.9. The van der Waals surface area contributed by atoms with E-state index in [0.717, 1.165) is 17.7 Å². The number of carbonyl (C=O) groups is 2. The van der Waals surface area contributed by atoms with E-state index >= 15 is 0 Å². The molecule has 8 heteroatoms. The second kappa shape index (κ2) is 5.47. The van der Waals surface area contributed by atoms with Gasteiger partial charge in [-0.25, -0.2) is 4.79 Å². The first-order valence-electron chi connectivity index (χ1n) is 8.08. The Morgan fingerprint density at radius 1 is 1.33 bits per heavy atom. The highest BCUT2D eigenvalue weighted by Crippen LogP contribution is 2.36. The highest BCUT2D eigenvalue weighted by atomic mass is 16.4. The summed E-state index contributed by atoms with van der Waals surface area (Å²) in [5.74, 6) is 1.26. The first-order valence-corrected chi connectivity index (χ1v) is 8.08. The molecular formula is C16H18N4O4. The van der Waals surface area contributed by atoms with E-state index in [1.54, 1.807) is 12.1 Å². The number of furan rings is 1. The number of hydrogen-bond acceptors (Lipinski definition) is 6. The van der Waals surface area contributed by atoms with Crippen LogP contribution in [0.1, 0.15) is 38.5 Å². The molecule has 0 aromatic carbocycles. The Bertz CT molecular complexity index is 759. The molecule has 1 spiro atoms. The summed E-state index contributed by atoms with van der Waals surface area (Å²) in [5, 5.41) is 10.7. The van der Waals surface area contributed by atoms with Crippen molar-refractivity contribution < 1.29 is 18.4 Å². The van der Waals surface area contributed by atoms with Crippen molar-refractivity contribution in [2.24, 2.45) is 5.92 Å². The van der Waals surface area contributed by atoms with Gasteiger partial charge in [0.25, 0.3) is 11.8 Å². The maximum Gasteiger partial charge on any atom is 0.325 e. The zero-order chi connectivity index (χ0) is 16.7.